The molecule has 0 fully saturated rings. The third-order valence-electron chi connectivity index (χ3n) is 0.514. The summed E-state index contributed by atoms with van der Waals surface area (Å²) in [4.78, 5) is 20.1. The molecule has 0 bridgehead atoms. The predicted molar refractivity (Wildman–Crippen MR) is 35.8 cm³/mol. The molecule has 0 aliphatic heterocycles. The van der Waals surface area contributed by atoms with Crippen molar-refractivity contribution in [2.75, 3.05) is 7.05 Å². The van der Waals surface area contributed by atoms with Gasteiger partial charge in [-0.15, -0.1) is 0 Å². The van der Waals surface area contributed by atoms with Gasteiger partial charge >= 0.3 is 0 Å². The van der Waals surface area contributed by atoms with Crippen LogP contribution in [-0.2, 0) is 4.79 Å². The molecule has 0 aliphatic carbocycles. The van der Waals surface area contributed by atoms with Crippen molar-refractivity contribution >= 4 is 28.3 Å². The van der Waals surface area contributed by atoms with Crippen molar-refractivity contribution in [1.82, 2.24) is 5.32 Å². The van der Waals surface area contributed by atoms with Crippen molar-refractivity contribution in [3.63, 3.8) is 0 Å². The molecule has 0 radical (unpaired) electrons. The molecule has 0 aromatic rings. The molecule has 9 heavy (non-hydrogen) atoms. The van der Waals surface area contributed by atoms with Crippen molar-refractivity contribution in [3.05, 3.63) is 0 Å². The lowest BCUT2D eigenvalue weighted by Gasteiger charge is -1.91. The Hall–Kier alpha value is -0.840. The van der Waals surface area contributed by atoms with Crippen LogP contribution in [0.3, 0.4) is 0 Å². The van der Waals surface area contributed by atoms with E-state index >= 15 is 0 Å². The Kier molecular flexibility index (Phi) is 3.70. The van der Waals surface area contributed by atoms with Crippen LogP contribution >= 0.6 is 11.8 Å². The Bertz CT molecular complexity index is 146. The van der Waals surface area contributed by atoms with Crippen molar-refractivity contribution in [2.45, 2.75) is 0 Å². The molecular formula is C4H6N2O2S. The van der Waals surface area contributed by atoms with E-state index in [0.29, 0.717) is 18.0 Å². The molecular weight excluding hydrogens is 140 g/mol. The molecule has 0 aliphatic rings. The Labute approximate surface area is 56.5 Å². The zero-order valence-corrected chi connectivity index (χ0v) is 5.62. The summed E-state index contributed by atoms with van der Waals surface area (Å²) in [6, 6.07) is 0. The molecule has 0 heterocycles. The fourth-order valence-electron chi connectivity index (χ4n) is 0.175. The first-order valence-electron chi connectivity index (χ1n) is 2.14. The summed E-state index contributed by atoms with van der Waals surface area (Å²) in [6.45, 7) is 0. The monoisotopic (exact) mass is 146 g/mol. The molecule has 0 spiro atoms. The summed E-state index contributed by atoms with van der Waals surface area (Å²) < 4.78 is 0. The van der Waals surface area contributed by atoms with Crippen molar-refractivity contribution in [1.29, 1.82) is 5.41 Å². The summed E-state index contributed by atoms with van der Waals surface area (Å²) in [6.07, 6.45) is 0.319. The van der Waals surface area contributed by atoms with E-state index < -0.39 is 5.24 Å². The van der Waals surface area contributed by atoms with Gasteiger partial charge in [0.25, 0.3) is 5.24 Å². The Morgan fingerprint density at radius 1 is 1.78 bits per heavy atom. The van der Waals surface area contributed by atoms with Gasteiger partial charge in [-0.3, -0.25) is 15.0 Å². The van der Waals surface area contributed by atoms with Gasteiger partial charge in [-0.1, -0.05) is 0 Å². The molecule has 0 aromatic heterocycles. The van der Waals surface area contributed by atoms with Gasteiger partial charge in [0, 0.05) is 7.05 Å². The summed E-state index contributed by atoms with van der Waals surface area (Å²) in [5.74, 6) is 0. The quantitative estimate of drug-likeness (QED) is 0.316. The van der Waals surface area contributed by atoms with Gasteiger partial charge in [-0.2, -0.15) is 0 Å². The molecule has 2 N–H and O–H groups in total. The fraction of sp³-hybridized carbons (Fsp3) is 0.250. The Balaban J connectivity index is 3.59. The van der Waals surface area contributed by atoms with Gasteiger partial charge in [-0.05, 0) is 11.8 Å². The van der Waals surface area contributed by atoms with Gasteiger partial charge in [0.15, 0.2) is 6.29 Å². The summed E-state index contributed by atoms with van der Waals surface area (Å²) in [5.41, 5.74) is 0. The van der Waals surface area contributed by atoms with E-state index in [0.717, 1.165) is 0 Å². The molecule has 1 amide bonds. The van der Waals surface area contributed by atoms with Crippen LogP contribution < -0.4 is 5.32 Å². The highest BCUT2D eigenvalue weighted by molar-refractivity contribution is 8.27. The minimum absolute atomic E-state index is 0.283. The zero-order chi connectivity index (χ0) is 7.28. The highest BCUT2D eigenvalue weighted by Gasteiger charge is 2.01. The van der Waals surface area contributed by atoms with Crippen LogP contribution in [0.2, 0.25) is 0 Å². The number of aldehydes is 1. The maximum atomic E-state index is 10.3. The molecule has 0 unspecified atom stereocenters. The normalized spacial score (nSPS) is 8.11. The van der Waals surface area contributed by atoms with E-state index in [1.54, 1.807) is 0 Å². The van der Waals surface area contributed by atoms with Crippen LogP contribution in [0, 0.1) is 5.41 Å². The van der Waals surface area contributed by atoms with E-state index in [1.807, 2.05) is 0 Å². The second-order valence-electron chi connectivity index (χ2n) is 1.12. The van der Waals surface area contributed by atoms with Gasteiger partial charge in [-0.25, -0.2) is 0 Å². The predicted octanol–water partition coefficient (Wildman–Crippen LogP) is 0.235. The molecule has 0 saturated carbocycles. The van der Waals surface area contributed by atoms with Gasteiger partial charge in [0.05, 0.1) is 0 Å². The number of carbonyl (C=O) groups excluding carboxylic acids is 2. The molecule has 4 nitrogen and oxygen atoms in total. The van der Waals surface area contributed by atoms with Crippen molar-refractivity contribution < 1.29 is 9.59 Å². The van der Waals surface area contributed by atoms with E-state index in [9.17, 15) is 9.59 Å². The number of rotatable bonds is 1. The van der Waals surface area contributed by atoms with E-state index in [2.05, 4.69) is 5.32 Å². The second-order valence-corrected chi connectivity index (χ2v) is 2.14. The lowest BCUT2D eigenvalue weighted by atomic mass is 10.9. The number of hydrogen-bond acceptors (Lipinski definition) is 4. The first-order chi connectivity index (χ1) is 4.20. The number of carbonyl (C=O) groups is 2. The third-order valence-corrected chi connectivity index (χ3v) is 1.22. The lowest BCUT2D eigenvalue weighted by molar-refractivity contribution is -0.102. The van der Waals surface area contributed by atoms with Gasteiger partial charge in [0.1, 0.15) is 5.04 Å². The molecule has 0 rings (SSSR count). The third kappa shape index (κ3) is 3.72. The van der Waals surface area contributed by atoms with Crippen LogP contribution in [0.4, 0.5) is 4.79 Å². The smallest absolute Gasteiger partial charge is 0.285 e. The summed E-state index contributed by atoms with van der Waals surface area (Å²) in [5, 5.41) is 8.28. The molecule has 50 valence electrons. The molecule has 0 saturated heterocycles. The Morgan fingerprint density at radius 3 is 2.67 bits per heavy atom. The lowest BCUT2D eigenvalue weighted by Crippen LogP contribution is -2.13. The van der Waals surface area contributed by atoms with Crippen LogP contribution in [0.15, 0.2) is 0 Å². The topological polar surface area (TPSA) is 70.0 Å². The van der Waals surface area contributed by atoms with Crippen LogP contribution in [0.25, 0.3) is 0 Å². The molecule has 0 atom stereocenters. The fourth-order valence-corrected chi connectivity index (χ4v) is 0.525. The summed E-state index contributed by atoms with van der Waals surface area (Å²) in [7, 11) is 1.44. The van der Waals surface area contributed by atoms with Gasteiger partial charge in [0.2, 0.25) is 0 Å². The number of amides is 1. The highest BCUT2D eigenvalue weighted by Crippen LogP contribution is 1.99. The van der Waals surface area contributed by atoms with Gasteiger partial charge < -0.3 is 5.32 Å². The summed E-state index contributed by atoms with van der Waals surface area (Å²) >= 11 is 0.565. The van der Waals surface area contributed by atoms with Crippen LogP contribution in [0.5, 0.6) is 0 Å². The van der Waals surface area contributed by atoms with E-state index in [-0.39, 0.29) is 5.04 Å². The van der Waals surface area contributed by atoms with Crippen LogP contribution in [0.1, 0.15) is 0 Å². The first-order valence-corrected chi connectivity index (χ1v) is 2.95. The first kappa shape index (κ1) is 8.16. The molecule has 5 heteroatoms. The molecule has 0 aromatic carbocycles. The standard InChI is InChI=1S/C4H6N2O2S/c1-6-4(8)9-3(5)2-7/h2,5H,1H3,(H,6,8). The van der Waals surface area contributed by atoms with E-state index in [1.165, 1.54) is 7.05 Å². The average molecular weight is 146 g/mol. The number of nitrogens with one attached hydrogen (secondary N) is 2. The van der Waals surface area contributed by atoms with Crippen LogP contribution in [-0.4, -0.2) is 23.6 Å². The SMILES string of the molecule is CNC(=O)SC(=N)C=O. The largest absolute Gasteiger partial charge is 0.350 e. The minimum Gasteiger partial charge on any atom is -0.350 e. The minimum atomic E-state index is -0.396. The van der Waals surface area contributed by atoms with E-state index in [4.69, 9.17) is 5.41 Å². The number of thioether (sulfide) groups is 1. The highest BCUT2D eigenvalue weighted by atomic mass is 32.2. The Morgan fingerprint density at radius 2 is 2.33 bits per heavy atom. The second kappa shape index (κ2) is 4.08. The maximum absolute atomic E-state index is 10.3. The maximum Gasteiger partial charge on any atom is 0.285 e. The zero-order valence-electron chi connectivity index (χ0n) is 4.80. The number of hydrogen-bond donors (Lipinski definition) is 2. The van der Waals surface area contributed by atoms with Crippen molar-refractivity contribution in [2.24, 2.45) is 0 Å². The van der Waals surface area contributed by atoms with Crippen molar-refractivity contribution in [3.8, 4) is 0 Å². The average Bonchev–Trinajstić information content (AvgIpc) is 1.87.